The average molecular weight is 477 g/mol. The van der Waals surface area contributed by atoms with Gasteiger partial charge in [-0.15, -0.1) is 0 Å². The molecule has 2 aromatic carbocycles. The molecule has 2 aromatic rings. The normalized spacial score (nSPS) is 13.6. The van der Waals surface area contributed by atoms with Crippen LogP contribution >= 0.6 is 23.2 Å². The lowest BCUT2D eigenvalue weighted by Gasteiger charge is -2.19. The SMILES string of the molecule is CCCCOC(=O)c1ccccc1N1C(=O)C(Cl)=C(Nc2cc(C)c(Cl)cc2OC)C1=O. The first kappa shape index (κ1) is 23.6. The Kier molecular flexibility index (Phi) is 7.43. The molecular formula is C23H22Cl2N2O5. The van der Waals surface area contributed by atoms with Crippen molar-refractivity contribution >= 4 is 52.4 Å². The number of rotatable bonds is 8. The summed E-state index contributed by atoms with van der Waals surface area (Å²) in [6.45, 7) is 4.01. The van der Waals surface area contributed by atoms with Gasteiger partial charge < -0.3 is 14.8 Å². The van der Waals surface area contributed by atoms with Gasteiger partial charge in [0, 0.05) is 11.1 Å². The fourth-order valence-electron chi connectivity index (χ4n) is 3.12. The number of nitrogens with zero attached hydrogens (tertiary/aromatic N) is 1. The van der Waals surface area contributed by atoms with Gasteiger partial charge in [-0.2, -0.15) is 0 Å². The van der Waals surface area contributed by atoms with Crippen LogP contribution in [0.5, 0.6) is 5.75 Å². The Morgan fingerprint density at radius 1 is 1.12 bits per heavy atom. The molecule has 0 aromatic heterocycles. The summed E-state index contributed by atoms with van der Waals surface area (Å²) in [5.74, 6) is -1.71. The van der Waals surface area contributed by atoms with Gasteiger partial charge in [0.05, 0.1) is 30.7 Å². The topological polar surface area (TPSA) is 84.9 Å². The third-order valence-corrected chi connectivity index (χ3v) is 5.62. The smallest absolute Gasteiger partial charge is 0.340 e. The molecule has 0 saturated carbocycles. The Bertz CT molecular complexity index is 1110. The van der Waals surface area contributed by atoms with E-state index in [1.165, 1.54) is 19.2 Å². The van der Waals surface area contributed by atoms with Crippen molar-refractivity contribution < 1.29 is 23.9 Å². The average Bonchev–Trinajstić information content (AvgIpc) is 2.99. The van der Waals surface area contributed by atoms with Crippen LogP contribution < -0.4 is 15.0 Å². The molecule has 1 heterocycles. The number of para-hydroxylation sites is 1. The highest BCUT2D eigenvalue weighted by Crippen LogP contribution is 2.36. The number of unbranched alkanes of at least 4 members (excludes halogenated alkanes) is 1. The highest BCUT2D eigenvalue weighted by Gasteiger charge is 2.40. The molecule has 0 saturated heterocycles. The number of esters is 1. The fraction of sp³-hybridized carbons (Fsp3) is 0.261. The Morgan fingerprint density at radius 3 is 2.53 bits per heavy atom. The summed E-state index contributed by atoms with van der Waals surface area (Å²) in [5, 5.41) is 3.06. The molecule has 1 N–H and O–H groups in total. The van der Waals surface area contributed by atoms with Crippen LogP contribution in [0.2, 0.25) is 5.02 Å². The first-order valence-corrected chi connectivity index (χ1v) is 10.7. The highest BCUT2D eigenvalue weighted by molar-refractivity contribution is 6.53. The molecule has 168 valence electrons. The van der Waals surface area contributed by atoms with Gasteiger partial charge in [-0.25, -0.2) is 9.69 Å². The van der Waals surface area contributed by atoms with E-state index < -0.39 is 17.8 Å². The molecule has 2 amide bonds. The van der Waals surface area contributed by atoms with Crippen molar-refractivity contribution in [2.75, 3.05) is 23.9 Å². The van der Waals surface area contributed by atoms with Crippen molar-refractivity contribution in [2.24, 2.45) is 0 Å². The second-order valence-corrected chi connectivity index (χ2v) is 7.85. The molecule has 0 radical (unpaired) electrons. The van der Waals surface area contributed by atoms with E-state index in [1.807, 2.05) is 6.92 Å². The van der Waals surface area contributed by atoms with Gasteiger partial charge in [0.2, 0.25) is 0 Å². The van der Waals surface area contributed by atoms with E-state index in [9.17, 15) is 14.4 Å². The van der Waals surface area contributed by atoms with Crippen molar-refractivity contribution in [3.05, 3.63) is 63.3 Å². The molecule has 1 aliphatic rings. The Hall–Kier alpha value is -3.03. The molecule has 0 bridgehead atoms. The van der Waals surface area contributed by atoms with Crippen molar-refractivity contribution in [1.29, 1.82) is 0 Å². The van der Waals surface area contributed by atoms with E-state index in [2.05, 4.69) is 5.32 Å². The van der Waals surface area contributed by atoms with Gasteiger partial charge in [0.15, 0.2) is 0 Å². The fourth-order valence-corrected chi connectivity index (χ4v) is 3.49. The predicted octanol–water partition coefficient (Wildman–Crippen LogP) is 5.05. The van der Waals surface area contributed by atoms with Gasteiger partial charge in [-0.3, -0.25) is 9.59 Å². The quantitative estimate of drug-likeness (QED) is 0.326. The number of methoxy groups -OCH3 is 1. The lowest BCUT2D eigenvalue weighted by atomic mass is 10.1. The molecule has 0 unspecified atom stereocenters. The lowest BCUT2D eigenvalue weighted by molar-refractivity contribution is -0.120. The highest BCUT2D eigenvalue weighted by atomic mass is 35.5. The molecule has 0 fully saturated rings. The number of carbonyl (C=O) groups is 3. The molecule has 0 spiro atoms. The third-order valence-electron chi connectivity index (χ3n) is 4.86. The second kappa shape index (κ2) is 10.1. The number of benzene rings is 2. The number of aryl methyl sites for hydroxylation is 1. The van der Waals surface area contributed by atoms with Crippen LogP contribution in [-0.4, -0.2) is 31.5 Å². The maximum atomic E-state index is 13.2. The summed E-state index contributed by atoms with van der Waals surface area (Å²) < 4.78 is 10.6. The number of amides is 2. The van der Waals surface area contributed by atoms with E-state index in [-0.39, 0.29) is 28.6 Å². The van der Waals surface area contributed by atoms with E-state index >= 15 is 0 Å². The first-order valence-electron chi connectivity index (χ1n) is 9.96. The summed E-state index contributed by atoms with van der Waals surface area (Å²) in [4.78, 5) is 39.5. The molecular weight excluding hydrogens is 455 g/mol. The van der Waals surface area contributed by atoms with Gasteiger partial charge in [0.25, 0.3) is 11.8 Å². The number of imide groups is 1. The Labute approximate surface area is 195 Å². The van der Waals surface area contributed by atoms with E-state index in [0.29, 0.717) is 22.9 Å². The van der Waals surface area contributed by atoms with E-state index in [0.717, 1.165) is 16.9 Å². The summed E-state index contributed by atoms with van der Waals surface area (Å²) in [5.41, 5.74) is 1.21. The molecule has 3 rings (SSSR count). The van der Waals surface area contributed by atoms with Crippen molar-refractivity contribution in [1.82, 2.24) is 0 Å². The van der Waals surface area contributed by atoms with Crippen molar-refractivity contribution in [3.63, 3.8) is 0 Å². The summed E-state index contributed by atoms with van der Waals surface area (Å²) >= 11 is 12.4. The summed E-state index contributed by atoms with van der Waals surface area (Å²) in [6.07, 6.45) is 1.57. The monoisotopic (exact) mass is 476 g/mol. The van der Waals surface area contributed by atoms with Crippen molar-refractivity contribution in [3.8, 4) is 5.75 Å². The minimum atomic E-state index is -0.752. The summed E-state index contributed by atoms with van der Waals surface area (Å²) in [7, 11) is 1.45. The number of hydrogen-bond acceptors (Lipinski definition) is 6. The maximum absolute atomic E-state index is 13.2. The second-order valence-electron chi connectivity index (χ2n) is 7.07. The largest absolute Gasteiger partial charge is 0.495 e. The van der Waals surface area contributed by atoms with Gasteiger partial charge in [0.1, 0.15) is 16.5 Å². The summed E-state index contributed by atoms with van der Waals surface area (Å²) in [6, 6.07) is 9.50. The molecule has 9 heteroatoms. The van der Waals surface area contributed by atoms with Crippen LogP contribution in [0.25, 0.3) is 0 Å². The minimum absolute atomic E-state index is 0.0935. The molecule has 32 heavy (non-hydrogen) atoms. The van der Waals surface area contributed by atoms with Crippen LogP contribution in [0.15, 0.2) is 47.1 Å². The zero-order valence-electron chi connectivity index (χ0n) is 17.8. The first-order chi connectivity index (χ1) is 15.3. The Morgan fingerprint density at radius 2 is 1.84 bits per heavy atom. The number of halogens is 2. The number of carbonyl (C=O) groups excluding carboxylic acids is 3. The zero-order valence-corrected chi connectivity index (χ0v) is 19.3. The standard InChI is InChI=1S/C23H22Cl2N2O5/c1-4-5-10-32-23(30)14-8-6-7-9-17(14)27-21(28)19(25)20(22(27)29)26-16-11-13(2)15(24)12-18(16)31-3/h6-9,11-12,26H,4-5,10H2,1-3H3. The van der Waals surface area contributed by atoms with Crippen LogP contribution in [0.1, 0.15) is 35.7 Å². The number of ether oxygens (including phenoxy) is 2. The van der Waals surface area contributed by atoms with Crippen molar-refractivity contribution in [2.45, 2.75) is 26.7 Å². The van der Waals surface area contributed by atoms with E-state index in [4.69, 9.17) is 32.7 Å². The molecule has 7 nitrogen and oxygen atoms in total. The van der Waals surface area contributed by atoms with E-state index in [1.54, 1.807) is 31.2 Å². The van der Waals surface area contributed by atoms with Crippen LogP contribution in [0.3, 0.4) is 0 Å². The Balaban J connectivity index is 1.93. The maximum Gasteiger partial charge on any atom is 0.340 e. The van der Waals surface area contributed by atoms with Gasteiger partial charge in [-0.05, 0) is 37.1 Å². The lowest BCUT2D eigenvalue weighted by Crippen LogP contribution is -2.33. The van der Waals surface area contributed by atoms with Gasteiger partial charge >= 0.3 is 5.97 Å². The molecule has 1 aliphatic heterocycles. The third kappa shape index (κ3) is 4.59. The molecule has 0 atom stereocenters. The van der Waals surface area contributed by atoms with Crippen LogP contribution in [0.4, 0.5) is 11.4 Å². The minimum Gasteiger partial charge on any atom is -0.495 e. The number of nitrogens with one attached hydrogen (secondary N) is 1. The molecule has 0 aliphatic carbocycles. The number of hydrogen-bond donors (Lipinski definition) is 1. The van der Waals surface area contributed by atoms with Crippen LogP contribution in [-0.2, 0) is 14.3 Å². The van der Waals surface area contributed by atoms with Crippen LogP contribution in [0, 0.1) is 6.92 Å². The number of anilines is 2. The van der Waals surface area contributed by atoms with Gasteiger partial charge in [-0.1, -0.05) is 48.7 Å². The predicted molar refractivity (Wildman–Crippen MR) is 123 cm³/mol. The zero-order chi connectivity index (χ0) is 23.4.